The minimum absolute atomic E-state index is 0.168. The van der Waals surface area contributed by atoms with Crippen LogP contribution >= 0.6 is 0 Å². The van der Waals surface area contributed by atoms with E-state index >= 15 is 0 Å². The molecule has 0 unspecified atom stereocenters. The van der Waals surface area contributed by atoms with Gasteiger partial charge in [-0.3, -0.25) is 0 Å². The van der Waals surface area contributed by atoms with Gasteiger partial charge in [-0.05, 0) is 24.3 Å². The number of aliphatic hydroxyl groups is 1. The molecule has 0 aromatic heterocycles. The van der Waals surface area contributed by atoms with Crippen LogP contribution in [0.25, 0.3) is 0 Å². The zero-order valence-electron chi connectivity index (χ0n) is 13.5. The average Bonchev–Trinajstić information content (AvgIpc) is 2.90. The van der Waals surface area contributed by atoms with Crippen molar-refractivity contribution in [3.05, 3.63) is 52.8 Å². The molecule has 2 aromatic carbocycles. The van der Waals surface area contributed by atoms with Crippen molar-refractivity contribution in [1.82, 2.24) is 0 Å². The quantitative estimate of drug-likeness (QED) is 0.757. The van der Waals surface area contributed by atoms with Crippen LogP contribution in [0.4, 0.5) is 22.0 Å². The van der Waals surface area contributed by atoms with E-state index in [2.05, 4.69) is 0 Å². The van der Waals surface area contributed by atoms with E-state index in [4.69, 9.17) is 10.00 Å². The molecule has 2 aliphatic rings. The summed E-state index contributed by atoms with van der Waals surface area (Å²) in [6, 6.07) is 5.79. The van der Waals surface area contributed by atoms with Crippen LogP contribution in [-0.4, -0.2) is 25.0 Å². The standard InChI is InChI=1S/C17H8F5NO4S/c18-8-3-7(6-23)4-9(5-8)27-10-1-2-11-13-12(10)14(19)15(20)16(13,24)17(21,22)28(11,25)26/h1-5,14-15,24H/t14-,15+,16+/m1/s1. The first kappa shape index (κ1) is 18.6. The minimum atomic E-state index is -5.47. The molecular weight excluding hydrogens is 409 g/mol. The molecular formula is C17H8F5NO4S. The first-order valence-electron chi connectivity index (χ1n) is 7.65. The summed E-state index contributed by atoms with van der Waals surface area (Å²) in [6.45, 7) is 0. The number of sulfone groups is 1. The highest BCUT2D eigenvalue weighted by molar-refractivity contribution is 7.93. The predicted octanol–water partition coefficient (Wildman–Crippen LogP) is 3.42. The third-order valence-corrected chi connectivity index (χ3v) is 6.68. The highest BCUT2D eigenvalue weighted by atomic mass is 32.2. The number of benzene rings is 2. The van der Waals surface area contributed by atoms with Gasteiger partial charge in [0.2, 0.25) is 15.4 Å². The molecule has 11 heteroatoms. The Morgan fingerprint density at radius 1 is 1.18 bits per heavy atom. The van der Waals surface area contributed by atoms with Crippen molar-refractivity contribution in [2.75, 3.05) is 0 Å². The van der Waals surface area contributed by atoms with Crippen molar-refractivity contribution in [2.45, 2.75) is 28.1 Å². The van der Waals surface area contributed by atoms with Gasteiger partial charge in [-0.2, -0.15) is 14.0 Å². The van der Waals surface area contributed by atoms with Crippen LogP contribution in [-0.2, 0) is 15.4 Å². The van der Waals surface area contributed by atoms with Gasteiger partial charge in [-0.1, -0.05) is 0 Å². The van der Waals surface area contributed by atoms with E-state index in [1.807, 2.05) is 0 Å². The van der Waals surface area contributed by atoms with E-state index < -0.39 is 60.6 Å². The first-order valence-corrected chi connectivity index (χ1v) is 9.14. The van der Waals surface area contributed by atoms with Crippen LogP contribution in [0.5, 0.6) is 11.5 Å². The SMILES string of the molecule is N#Cc1cc(F)cc(Oc2ccc3c4c2[C@@H](F)[C@H](F)[C@]4(O)C(F)(F)S3(=O)=O)c1. The molecule has 146 valence electrons. The molecule has 5 nitrogen and oxygen atoms in total. The Morgan fingerprint density at radius 2 is 1.86 bits per heavy atom. The average molecular weight is 417 g/mol. The molecule has 0 amide bonds. The fourth-order valence-corrected chi connectivity index (χ4v) is 5.20. The summed E-state index contributed by atoms with van der Waals surface area (Å²) in [4.78, 5) is -1.11. The number of rotatable bonds is 2. The first-order chi connectivity index (χ1) is 13.0. The van der Waals surface area contributed by atoms with Crippen molar-refractivity contribution in [3.8, 4) is 17.6 Å². The number of nitrogens with zero attached hydrogens (tertiary/aromatic N) is 1. The molecule has 28 heavy (non-hydrogen) atoms. The van der Waals surface area contributed by atoms with Crippen LogP contribution in [0.2, 0.25) is 0 Å². The fourth-order valence-electron chi connectivity index (χ4n) is 3.52. The van der Waals surface area contributed by atoms with E-state index in [0.29, 0.717) is 6.07 Å². The van der Waals surface area contributed by atoms with Crippen molar-refractivity contribution < 1.29 is 40.2 Å². The maximum absolute atomic E-state index is 14.5. The Morgan fingerprint density at radius 3 is 2.50 bits per heavy atom. The molecule has 0 fully saturated rings. The molecule has 3 atom stereocenters. The zero-order valence-corrected chi connectivity index (χ0v) is 14.3. The van der Waals surface area contributed by atoms with E-state index in [9.17, 15) is 35.5 Å². The second-order valence-corrected chi connectivity index (χ2v) is 8.29. The molecule has 2 aromatic rings. The maximum Gasteiger partial charge on any atom is 0.384 e. The maximum atomic E-state index is 14.5. The molecule has 1 heterocycles. The molecule has 0 bridgehead atoms. The Hall–Kier alpha value is -2.71. The van der Waals surface area contributed by atoms with Gasteiger partial charge >= 0.3 is 5.25 Å². The molecule has 4 rings (SSSR count). The Kier molecular flexibility index (Phi) is 3.61. The second kappa shape index (κ2) is 5.42. The van der Waals surface area contributed by atoms with Crippen LogP contribution < -0.4 is 4.74 Å². The monoisotopic (exact) mass is 417 g/mol. The number of halogens is 5. The summed E-state index contributed by atoms with van der Waals surface area (Å²) in [7, 11) is -5.47. The van der Waals surface area contributed by atoms with Crippen molar-refractivity contribution >= 4 is 9.84 Å². The zero-order chi connectivity index (χ0) is 20.6. The van der Waals surface area contributed by atoms with Gasteiger partial charge in [0, 0.05) is 17.2 Å². The Bertz CT molecular complexity index is 1180. The summed E-state index contributed by atoms with van der Waals surface area (Å²) >= 11 is 0. The van der Waals surface area contributed by atoms with Crippen molar-refractivity contribution in [2.24, 2.45) is 0 Å². The third-order valence-electron chi connectivity index (χ3n) is 4.78. The molecule has 0 saturated heterocycles. The lowest BCUT2D eigenvalue weighted by molar-refractivity contribution is -0.170. The van der Waals surface area contributed by atoms with E-state index in [-0.39, 0.29) is 11.3 Å². The lowest BCUT2D eigenvalue weighted by Gasteiger charge is -2.27. The summed E-state index contributed by atoms with van der Waals surface area (Å²) in [5.74, 6) is -1.82. The fraction of sp³-hybridized carbons (Fsp3) is 0.235. The topological polar surface area (TPSA) is 87.4 Å². The molecule has 0 spiro atoms. The van der Waals surface area contributed by atoms with E-state index in [0.717, 1.165) is 24.3 Å². The molecule has 1 aliphatic carbocycles. The number of hydrogen-bond acceptors (Lipinski definition) is 5. The molecule has 1 aliphatic heterocycles. The summed E-state index contributed by atoms with van der Waals surface area (Å²) in [6.07, 6.45) is -6.10. The second-order valence-electron chi connectivity index (χ2n) is 6.33. The van der Waals surface area contributed by atoms with Gasteiger partial charge in [0.15, 0.2) is 12.3 Å². The Labute approximate surface area is 154 Å². The number of hydrogen-bond donors (Lipinski definition) is 1. The number of alkyl halides is 4. The van der Waals surface area contributed by atoms with Gasteiger partial charge < -0.3 is 9.84 Å². The molecule has 1 N–H and O–H groups in total. The highest BCUT2D eigenvalue weighted by Crippen LogP contribution is 2.65. The van der Waals surface area contributed by atoms with Crippen LogP contribution in [0.15, 0.2) is 35.2 Å². The lowest BCUT2D eigenvalue weighted by Crippen LogP contribution is -2.50. The highest BCUT2D eigenvalue weighted by Gasteiger charge is 2.78. The van der Waals surface area contributed by atoms with Gasteiger partial charge in [0.05, 0.1) is 16.5 Å². The van der Waals surface area contributed by atoms with Gasteiger partial charge in [0.25, 0.3) is 0 Å². The van der Waals surface area contributed by atoms with Crippen LogP contribution in [0.1, 0.15) is 22.9 Å². The minimum Gasteiger partial charge on any atom is -0.457 e. The Balaban J connectivity index is 1.95. The normalized spacial score (nSPS) is 28.6. The van der Waals surface area contributed by atoms with E-state index in [1.165, 1.54) is 0 Å². The third kappa shape index (κ3) is 1.99. The number of nitriles is 1. The molecule has 0 saturated carbocycles. The summed E-state index contributed by atoms with van der Waals surface area (Å²) in [5, 5.41) is 14.1. The van der Waals surface area contributed by atoms with E-state index in [1.54, 1.807) is 6.07 Å². The predicted molar refractivity (Wildman–Crippen MR) is 82.4 cm³/mol. The largest absolute Gasteiger partial charge is 0.457 e. The van der Waals surface area contributed by atoms with Crippen LogP contribution in [0.3, 0.4) is 0 Å². The van der Waals surface area contributed by atoms with Crippen molar-refractivity contribution in [1.29, 1.82) is 5.26 Å². The summed E-state index contributed by atoms with van der Waals surface area (Å²) < 4.78 is 100. The number of ether oxygens (including phenoxy) is 1. The molecule has 0 radical (unpaired) electrons. The van der Waals surface area contributed by atoms with Gasteiger partial charge in [0.1, 0.15) is 17.3 Å². The summed E-state index contributed by atoms with van der Waals surface area (Å²) in [5.41, 5.74) is -6.11. The smallest absolute Gasteiger partial charge is 0.384 e. The lowest BCUT2D eigenvalue weighted by atomic mass is 9.95. The van der Waals surface area contributed by atoms with Gasteiger partial charge in [-0.25, -0.2) is 21.6 Å². The van der Waals surface area contributed by atoms with Crippen LogP contribution in [0, 0.1) is 17.1 Å². The van der Waals surface area contributed by atoms with Gasteiger partial charge in [-0.15, -0.1) is 0 Å². The van der Waals surface area contributed by atoms with Crippen molar-refractivity contribution in [3.63, 3.8) is 0 Å².